The van der Waals surface area contributed by atoms with E-state index in [4.69, 9.17) is 0 Å². The van der Waals surface area contributed by atoms with Gasteiger partial charge < -0.3 is 4.74 Å². The molecule has 0 unspecified atom stereocenters. The fourth-order valence-electron chi connectivity index (χ4n) is 1.57. The van der Waals surface area contributed by atoms with Crippen LogP contribution in [0.2, 0.25) is 0 Å². The van der Waals surface area contributed by atoms with Gasteiger partial charge in [-0.15, -0.1) is 0 Å². The highest BCUT2D eigenvalue weighted by Crippen LogP contribution is 2.12. The van der Waals surface area contributed by atoms with E-state index in [2.05, 4.69) is 20.7 Å². The number of carbonyl (C=O) groups is 3. The Kier molecular flexibility index (Phi) is 4.11. The van der Waals surface area contributed by atoms with Gasteiger partial charge in [0.2, 0.25) is 0 Å². The first kappa shape index (κ1) is 13.5. The maximum atomic E-state index is 11.8. The first-order valence-corrected chi connectivity index (χ1v) is 6.33. The second-order valence-corrected chi connectivity index (χ2v) is 4.73. The molecule has 2 rings (SSSR count). The maximum absolute atomic E-state index is 11.8. The zero-order valence-corrected chi connectivity index (χ0v) is 11.4. The Bertz CT molecular complexity index is 568. The molecule has 5 nitrogen and oxygen atoms in total. The standard InChI is InChI=1S/C13H10BrNO4/c14-10-3-1-2-9(8-10)11(16)4-5-12(17)15-6-7-19-13(15)18/h1-5,8H,6-7H2/b5-4+. The van der Waals surface area contributed by atoms with Crippen molar-refractivity contribution in [1.82, 2.24) is 4.90 Å². The molecule has 1 heterocycles. The molecule has 0 aromatic heterocycles. The molecule has 2 amide bonds. The average molecular weight is 324 g/mol. The Morgan fingerprint density at radius 1 is 1.32 bits per heavy atom. The summed E-state index contributed by atoms with van der Waals surface area (Å²) in [5, 5.41) is 0. The highest BCUT2D eigenvalue weighted by atomic mass is 79.9. The van der Waals surface area contributed by atoms with Crippen molar-refractivity contribution < 1.29 is 19.1 Å². The Morgan fingerprint density at radius 3 is 2.74 bits per heavy atom. The SMILES string of the molecule is O=C(/C=C/C(=O)N1CCOC1=O)c1cccc(Br)c1. The van der Waals surface area contributed by atoms with Crippen molar-refractivity contribution in [2.75, 3.05) is 13.2 Å². The van der Waals surface area contributed by atoms with Crippen LogP contribution < -0.4 is 0 Å². The highest BCUT2D eigenvalue weighted by Gasteiger charge is 2.26. The highest BCUT2D eigenvalue weighted by molar-refractivity contribution is 9.10. The van der Waals surface area contributed by atoms with Gasteiger partial charge in [-0.2, -0.15) is 0 Å². The fraction of sp³-hybridized carbons (Fsp3) is 0.154. The van der Waals surface area contributed by atoms with Crippen molar-refractivity contribution in [2.45, 2.75) is 0 Å². The molecule has 0 N–H and O–H groups in total. The number of allylic oxidation sites excluding steroid dienone is 1. The van der Waals surface area contributed by atoms with E-state index in [9.17, 15) is 14.4 Å². The largest absolute Gasteiger partial charge is 0.447 e. The van der Waals surface area contributed by atoms with Crippen LogP contribution in [0.15, 0.2) is 40.9 Å². The lowest BCUT2D eigenvalue weighted by Gasteiger charge is -2.06. The zero-order chi connectivity index (χ0) is 13.8. The summed E-state index contributed by atoms with van der Waals surface area (Å²) in [6.07, 6.45) is 1.55. The van der Waals surface area contributed by atoms with Crippen LogP contribution in [0.5, 0.6) is 0 Å². The quantitative estimate of drug-likeness (QED) is 0.631. The lowest BCUT2D eigenvalue weighted by molar-refractivity contribution is -0.122. The predicted octanol–water partition coefficient (Wildman–Crippen LogP) is 2.17. The summed E-state index contributed by atoms with van der Waals surface area (Å²) >= 11 is 3.26. The number of halogens is 1. The number of cyclic esters (lactones) is 1. The van der Waals surface area contributed by atoms with Gasteiger partial charge in [-0.3, -0.25) is 9.59 Å². The monoisotopic (exact) mass is 323 g/mol. The van der Waals surface area contributed by atoms with Gasteiger partial charge in [-0.1, -0.05) is 28.1 Å². The van der Waals surface area contributed by atoms with E-state index in [1.165, 1.54) is 0 Å². The lowest BCUT2D eigenvalue weighted by Crippen LogP contribution is -2.30. The Morgan fingerprint density at radius 2 is 2.11 bits per heavy atom. The number of rotatable bonds is 3. The number of carbonyl (C=O) groups excluding carboxylic acids is 3. The molecule has 1 aliphatic heterocycles. The van der Waals surface area contributed by atoms with E-state index in [1.807, 2.05) is 0 Å². The number of amides is 2. The van der Waals surface area contributed by atoms with Crippen molar-refractivity contribution in [3.05, 3.63) is 46.5 Å². The second-order valence-electron chi connectivity index (χ2n) is 3.81. The van der Waals surface area contributed by atoms with E-state index in [0.717, 1.165) is 21.5 Å². The van der Waals surface area contributed by atoms with Crippen molar-refractivity contribution in [3.8, 4) is 0 Å². The van der Waals surface area contributed by atoms with Crippen LogP contribution in [0.1, 0.15) is 10.4 Å². The van der Waals surface area contributed by atoms with E-state index in [0.29, 0.717) is 5.56 Å². The number of ether oxygens (including phenoxy) is 1. The van der Waals surface area contributed by atoms with Crippen molar-refractivity contribution in [1.29, 1.82) is 0 Å². The maximum Gasteiger partial charge on any atom is 0.416 e. The number of hydrogen-bond acceptors (Lipinski definition) is 4. The number of hydrogen-bond donors (Lipinski definition) is 0. The summed E-state index contributed by atoms with van der Waals surface area (Å²) < 4.78 is 5.41. The smallest absolute Gasteiger partial charge is 0.416 e. The number of nitrogens with zero attached hydrogens (tertiary/aromatic N) is 1. The molecule has 1 fully saturated rings. The van der Waals surface area contributed by atoms with Gasteiger partial charge in [0, 0.05) is 16.1 Å². The third kappa shape index (κ3) is 3.29. The first-order valence-electron chi connectivity index (χ1n) is 5.54. The fourth-order valence-corrected chi connectivity index (χ4v) is 1.97. The minimum absolute atomic E-state index is 0.192. The summed E-state index contributed by atoms with van der Waals surface area (Å²) in [4.78, 5) is 35.5. The topological polar surface area (TPSA) is 63.7 Å². The van der Waals surface area contributed by atoms with E-state index in [-0.39, 0.29) is 18.9 Å². The molecule has 1 saturated heterocycles. The molecule has 6 heteroatoms. The van der Waals surface area contributed by atoms with Gasteiger partial charge in [0.05, 0.1) is 6.54 Å². The van der Waals surface area contributed by atoms with Crippen LogP contribution in [-0.2, 0) is 9.53 Å². The average Bonchev–Trinajstić information content (AvgIpc) is 2.82. The van der Waals surface area contributed by atoms with Crippen LogP contribution in [0.25, 0.3) is 0 Å². The van der Waals surface area contributed by atoms with Gasteiger partial charge >= 0.3 is 6.09 Å². The molecule has 98 valence electrons. The molecule has 0 bridgehead atoms. The summed E-state index contributed by atoms with van der Waals surface area (Å²) in [5.41, 5.74) is 0.461. The number of imide groups is 1. The van der Waals surface area contributed by atoms with E-state index >= 15 is 0 Å². The van der Waals surface area contributed by atoms with E-state index in [1.54, 1.807) is 24.3 Å². The molecule has 19 heavy (non-hydrogen) atoms. The van der Waals surface area contributed by atoms with Crippen molar-refractivity contribution >= 4 is 33.7 Å². The van der Waals surface area contributed by atoms with Crippen LogP contribution >= 0.6 is 15.9 Å². The number of ketones is 1. The third-order valence-corrected chi connectivity index (χ3v) is 3.01. The molecular weight excluding hydrogens is 314 g/mol. The van der Waals surface area contributed by atoms with Crippen molar-refractivity contribution in [2.24, 2.45) is 0 Å². The van der Waals surface area contributed by atoms with Gasteiger partial charge in [-0.05, 0) is 18.2 Å². The molecule has 0 saturated carbocycles. The molecule has 1 aromatic rings. The molecule has 1 aromatic carbocycles. The van der Waals surface area contributed by atoms with Gasteiger partial charge in [0.25, 0.3) is 5.91 Å². The zero-order valence-electron chi connectivity index (χ0n) is 9.84. The minimum Gasteiger partial charge on any atom is -0.447 e. The van der Waals surface area contributed by atoms with Crippen LogP contribution in [0.4, 0.5) is 4.79 Å². The van der Waals surface area contributed by atoms with Crippen LogP contribution in [-0.4, -0.2) is 35.8 Å². The predicted molar refractivity (Wildman–Crippen MR) is 70.7 cm³/mol. The van der Waals surface area contributed by atoms with Gasteiger partial charge in [0.1, 0.15) is 6.61 Å². The molecule has 0 aliphatic carbocycles. The van der Waals surface area contributed by atoms with Crippen LogP contribution in [0.3, 0.4) is 0 Å². The third-order valence-electron chi connectivity index (χ3n) is 2.51. The molecule has 0 atom stereocenters. The number of benzene rings is 1. The van der Waals surface area contributed by atoms with E-state index < -0.39 is 12.0 Å². The summed E-state index contributed by atoms with van der Waals surface area (Å²) in [5.74, 6) is -0.854. The normalized spacial score (nSPS) is 14.8. The summed E-state index contributed by atoms with van der Waals surface area (Å²) in [6, 6.07) is 6.82. The Balaban J connectivity index is 2.04. The summed E-state index contributed by atoms with van der Waals surface area (Å²) in [7, 11) is 0. The Hall–Kier alpha value is -1.95. The van der Waals surface area contributed by atoms with Gasteiger partial charge in [0.15, 0.2) is 5.78 Å². The molecule has 0 spiro atoms. The van der Waals surface area contributed by atoms with Crippen molar-refractivity contribution in [3.63, 3.8) is 0 Å². The molecule has 0 radical (unpaired) electrons. The first-order chi connectivity index (χ1) is 9.08. The minimum atomic E-state index is -0.676. The molecule has 1 aliphatic rings. The Labute approximate surface area is 118 Å². The molecular formula is C13H10BrNO4. The van der Waals surface area contributed by atoms with Gasteiger partial charge in [-0.25, -0.2) is 9.69 Å². The van der Waals surface area contributed by atoms with Crippen LogP contribution in [0, 0.1) is 0 Å². The summed E-state index contributed by atoms with van der Waals surface area (Å²) in [6.45, 7) is 0.408. The second kappa shape index (κ2) is 5.79. The lowest BCUT2D eigenvalue weighted by atomic mass is 10.1.